The molecule has 0 aliphatic carbocycles. The van der Waals surface area contributed by atoms with Crippen LogP contribution in [0.2, 0.25) is 0 Å². The Morgan fingerprint density at radius 3 is 2.53 bits per heavy atom. The molecule has 0 saturated carbocycles. The second kappa shape index (κ2) is 4.44. The SMILES string of the molecule is O=C(c1ccccc1F)n1sc(=O)c2ccccc21. The van der Waals surface area contributed by atoms with Gasteiger partial charge in [0.15, 0.2) is 0 Å². The Bertz CT molecular complexity index is 835. The maximum atomic E-state index is 13.6. The number of rotatable bonds is 1. The molecule has 94 valence electrons. The third-order valence-corrected chi connectivity index (χ3v) is 3.74. The van der Waals surface area contributed by atoms with Crippen LogP contribution in [0.1, 0.15) is 10.4 Å². The number of hydrogen-bond acceptors (Lipinski definition) is 3. The number of carbonyl (C=O) groups excluding carboxylic acids is 1. The van der Waals surface area contributed by atoms with Gasteiger partial charge in [0.1, 0.15) is 5.82 Å². The first-order chi connectivity index (χ1) is 9.18. The predicted octanol–water partition coefficient (Wildman–Crippen LogP) is 2.89. The minimum atomic E-state index is -0.593. The number of para-hydroxylation sites is 1. The molecule has 0 amide bonds. The molecule has 0 bridgehead atoms. The van der Waals surface area contributed by atoms with Crippen LogP contribution in [0.5, 0.6) is 0 Å². The molecule has 1 aromatic heterocycles. The quantitative estimate of drug-likeness (QED) is 0.684. The topological polar surface area (TPSA) is 39.1 Å². The highest BCUT2D eigenvalue weighted by Gasteiger charge is 2.17. The summed E-state index contributed by atoms with van der Waals surface area (Å²) < 4.78 is 14.6. The van der Waals surface area contributed by atoms with Gasteiger partial charge in [0.05, 0.1) is 16.5 Å². The zero-order valence-electron chi connectivity index (χ0n) is 9.67. The summed E-state index contributed by atoms with van der Waals surface area (Å²) in [5.74, 6) is -1.12. The fraction of sp³-hybridized carbons (Fsp3) is 0. The van der Waals surface area contributed by atoms with Crippen LogP contribution in [0.3, 0.4) is 0 Å². The zero-order chi connectivity index (χ0) is 13.4. The summed E-state index contributed by atoms with van der Waals surface area (Å²) in [6.45, 7) is 0. The summed E-state index contributed by atoms with van der Waals surface area (Å²) in [5, 5.41) is 0.470. The van der Waals surface area contributed by atoms with Crippen LogP contribution < -0.4 is 4.74 Å². The number of halogens is 1. The van der Waals surface area contributed by atoms with Crippen LogP contribution in [0.25, 0.3) is 10.9 Å². The molecule has 3 aromatic rings. The van der Waals surface area contributed by atoms with Crippen molar-refractivity contribution in [1.82, 2.24) is 3.96 Å². The summed E-state index contributed by atoms with van der Waals surface area (Å²) in [7, 11) is 0. The third-order valence-electron chi connectivity index (χ3n) is 2.81. The maximum absolute atomic E-state index is 13.6. The molecule has 1 heterocycles. The minimum Gasteiger partial charge on any atom is -0.276 e. The van der Waals surface area contributed by atoms with Gasteiger partial charge in [-0.25, -0.2) is 8.35 Å². The molecule has 0 fully saturated rings. The lowest BCUT2D eigenvalue weighted by Gasteiger charge is -2.03. The Kier molecular flexibility index (Phi) is 2.76. The second-order valence-corrected chi connectivity index (χ2v) is 4.89. The van der Waals surface area contributed by atoms with Gasteiger partial charge in [-0.3, -0.25) is 9.59 Å². The summed E-state index contributed by atoms with van der Waals surface area (Å²) in [6.07, 6.45) is 0. The number of hydrogen-bond donors (Lipinski definition) is 0. The summed E-state index contributed by atoms with van der Waals surface area (Å²) in [5.41, 5.74) is 0.463. The van der Waals surface area contributed by atoms with E-state index in [9.17, 15) is 14.0 Å². The van der Waals surface area contributed by atoms with Crippen LogP contribution in [0, 0.1) is 5.82 Å². The molecule has 0 aliphatic heterocycles. The Labute approximate surface area is 111 Å². The monoisotopic (exact) mass is 273 g/mol. The van der Waals surface area contributed by atoms with Crippen LogP contribution in [-0.2, 0) is 0 Å². The molecule has 0 saturated heterocycles. The first-order valence-electron chi connectivity index (χ1n) is 5.59. The lowest BCUT2D eigenvalue weighted by Crippen LogP contribution is -2.11. The summed E-state index contributed by atoms with van der Waals surface area (Å²) in [6, 6.07) is 12.5. The Morgan fingerprint density at radius 1 is 1.05 bits per heavy atom. The molecule has 0 aliphatic rings. The largest absolute Gasteiger partial charge is 0.276 e. The number of benzene rings is 2. The molecule has 2 aromatic carbocycles. The van der Waals surface area contributed by atoms with Gasteiger partial charge in [0.2, 0.25) is 0 Å². The van der Waals surface area contributed by atoms with Crippen molar-refractivity contribution in [3.63, 3.8) is 0 Å². The van der Waals surface area contributed by atoms with Gasteiger partial charge in [0, 0.05) is 0 Å². The van der Waals surface area contributed by atoms with Gasteiger partial charge < -0.3 is 0 Å². The molecule has 19 heavy (non-hydrogen) atoms. The van der Waals surface area contributed by atoms with Gasteiger partial charge in [-0.1, -0.05) is 24.3 Å². The summed E-state index contributed by atoms with van der Waals surface area (Å²) in [4.78, 5) is 24.1. The van der Waals surface area contributed by atoms with Crippen molar-refractivity contribution in [3.8, 4) is 0 Å². The number of carbonyl (C=O) groups is 1. The van der Waals surface area contributed by atoms with E-state index in [0.717, 1.165) is 11.5 Å². The molecule has 3 nitrogen and oxygen atoms in total. The lowest BCUT2D eigenvalue weighted by molar-refractivity contribution is 0.0971. The van der Waals surface area contributed by atoms with Gasteiger partial charge in [0.25, 0.3) is 10.6 Å². The number of nitrogens with zero attached hydrogens (tertiary/aromatic N) is 1. The van der Waals surface area contributed by atoms with Crippen molar-refractivity contribution >= 4 is 28.3 Å². The Balaban J connectivity index is 2.23. The first-order valence-corrected chi connectivity index (χ1v) is 6.36. The number of aromatic nitrogens is 1. The average molecular weight is 273 g/mol. The summed E-state index contributed by atoms with van der Waals surface area (Å²) >= 11 is 0.784. The van der Waals surface area contributed by atoms with Crippen molar-refractivity contribution in [2.75, 3.05) is 0 Å². The molecule has 3 rings (SSSR count). The smallest absolute Gasteiger partial charge is 0.274 e. The second-order valence-electron chi connectivity index (χ2n) is 3.98. The van der Waals surface area contributed by atoms with E-state index in [0.29, 0.717) is 10.9 Å². The molecular formula is C14H8FNO2S. The van der Waals surface area contributed by atoms with Crippen LogP contribution in [0.15, 0.2) is 53.3 Å². The molecular weight excluding hydrogens is 265 g/mol. The highest BCUT2D eigenvalue weighted by molar-refractivity contribution is 7.06. The van der Waals surface area contributed by atoms with E-state index in [1.54, 1.807) is 30.3 Å². The van der Waals surface area contributed by atoms with Gasteiger partial charge in [-0.05, 0) is 35.8 Å². The van der Waals surface area contributed by atoms with E-state index < -0.39 is 11.7 Å². The van der Waals surface area contributed by atoms with E-state index in [1.807, 2.05) is 0 Å². The Hall–Kier alpha value is -2.27. The molecule has 0 spiro atoms. The molecule has 0 atom stereocenters. The minimum absolute atomic E-state index is 0.0421. The normalized spacial score (nSPS) is 10.8. The van der Waals surface area contributed by atoms with E-state index >= 15 is 0 Å². The Morgan fingerprint density at radius 2 is 1.74 bits per heavy atom. The highest BCUT2D eigenvalue weighted by atomic mass is 32.1. The average Bonchev–Trinajstić information content (AvgIpc) is 2.77. The van der Waals surface area contributed by atoms with Gasteiger partial charge in [-0.15, -0.1) is 0 Å². The predicted molar refractivity (Wildman–Crippen MR) is 72.2 cm³/mol. The fourth-order valence-corrected chi connectivity index (χ4v) is 2.78. The van der Waals surface area contributed by atoms with Gasteiger partial charge in [-0.2, -0.15) is 0 Å². The van der Waals surface area contributed by atoms with Crippen molar-refractivity contribution in [2.45, 2.75) is 0 Å². The molecule has 0 N–H and O–H groups in total. The zero-order valence-corrected chi connectivity index (χ0v) is 10.5. The maximum Gasteiger partial charge on any atom is 0.274 e. The fourth-order valence-electron chi connectivity index (χ4n) is 1.90. The lowest BCUT2D eigenvalue weighted by atomic mass is 10.2. The van der Waals surface area contributed by atoms with Crippen molar-refractivity contribution in [2.24, 2.45) is 0 Å². The van der Waals surface area contributed by atoms with E-state index in [4.69, 9.17) is 0 Å². The standard InChI is InChI=1S/C14H8FNO2S/c15-11-7-3-1-5-9(11)13(17)16-12-8-4-2-6-10(12)14(18)19-16/h1-8H. The van der Waals surface area contributed by atoms with Crippen LogP contribution >= 0.6 is 11.5 Å². The van der Waals surface area contributed by atoms with Crippen LogP contribution in [0.4, 0.5) is 4.39 Å². The van der Waals surface area contributed by atoms with Crippen molar-refractivity contribution in [1.29, 1.82) is 0 Å². The number of fused-ring (bicyclic) bond motifs is 1. The van der Waals surface area contributed by atoms with E-state index in [2.05, 4.69) is 0 Å². The van der Waals surface area contributed by atoms with E-state index in [-0.39, 0.29) is 10.3 Å². The molecule has 0 unspecified atom stereocenters. The van der Waals surface area contributed by atoms with Crippen LogP contribution in [-0.4, -0.2) is 9.86 Å². The molecule has 5 heteroatoms. The highest BCUT2D eigenvalue weighted by Crippen LogP contribution is 2.17. The van der Waals surface area contributed by atoms with E-state index in [1.165, 1.54) is 22.2 Å². The molecule has 0 radical (unpaired) electrons. The van der Waals surface area contributed by atoms with Gasteiger partial charge >= 0.3 is 0 Å². The third kappa shape index (κ3) is 1.88. The first kappa shape index (κ1) is 11.8. The van der Waals surface area contributed by atoms with Crippen molar-refractivity contribution in [3.05, 3.63) is 69.4 Å². The van der Waals surface area contributed by atoms with Crippen molar-refractivity contribution < 1.29 is 9.18 Å².